The average molecular weight is 334 g/mol. The van der Waals surface area contributed by atoms with Gasteiger partial charge in [-0.3, -0.25) is 4.72 Å². The minimum Gasteiger partial charge on any atom is -0.440 e. The number of thiophene rings is 1. The van der Waals surface area contributed by atoms with Gasteiger partial charge in [-0.2, -0.15) is 0 Å². The quantitative estimate of drug-likeness (QED) is 0.787. The molecule has 0 spiro atoms. The lowest BCUT2D eigenvalue weighted by Gasteiger charge is -2.06. The van der Waals surface area contributed by atoms with Crippen LogP contribution < -0.4 is 4.72 Å². The van der Waals surface area contributed by atoms with Crippen molar-refractivity contribution in [1.29, 1.82) is 0 Å². The van der Waals surface area contributed by atoms with Crippen molar-refractivity contribution in [2.45, 2.75) is 18.1 Å². The Kier molecular flexibility index (Phi) is 3.76. The molecule has 22 heavy (non-hydrogen) atoms. The standard InChI is InChI=1S/C15H14N2O3S2/c1-10-3-5-12(6-4-10)17-22(18,19)15-8-7-14(21-15)13-9-16-11(2)20-13/h3-9,17H,1-2H3. The van der Waals surface area contributed by atoms with E-state index in [1.165, 1.54) is 0 Å². The van der Waals surface area contributed by atoms with Crippen molar-refractivity contribution in [2.24, 2.45) is 0 Å². The molecule has 2 aromatic heterocycles. The second kappa shape index (κ2) is 5.58. The number of nitrogens with zero attached hydrogens (tertiary/aromatic N) is 1. The van der Waals surface area contributed by atoms with Crippen LogP contribution in [0, 0.1) is 13.8 Å². The van der Waals surface area contributed by atoms with Gasteiger partial charge in [-0.25, -0.2) is 13.4 Å². The summed E-state index contributed by atoms with van der Waals surface area (Å²) in [5, 5.41) is 0. The minimum atomic E-state index is -3.60. The monoisotopic (exact) mass is 334 g/mol. The average Bonchev–Trinajstić information content (AvgIpc) is 3.10. The zero-order chi connectivity index (χ0) is 15.7. The summed E-state index contributed by atoms with van der Waals surface area (Å²) in [7, 11) is -3.60. The summed E-state index contributed by atoms with van der Waals surface area (Å²) in [5.41, 5.74) is 1.61. The third kappa shape index (κ3) is 3.05. The van der Waals surface area contributed by atoms with Gasteiger partial charge in [0.15, 0.2) is 11.7 Å². The van der Waals surface area contributed by atoms with Crippen LogP contribution in [0.1, 0.15) is 11.5 Å². The summed E-state index contributed by atoms with van der Waals surface area (Å²) < 4.78 is 33.0. The molecule has 2 heterocycles. The van der Waals surface area contributed by atoms with Crippen molar-refractivity contribution in [3.63, 3.8) is 0 Å². The van der Waals surface area contributed by atoms with Gasteiger partial charge >= 0.3 is 0 Å². The Labute approximate surface area is 132 Å². The number of hydrogen-bond donors (Lipinski definition) is 1. The van der Waals surface area contributed by atoms with Crippen LogP contribution in [0.25, 0.3) is 10.6 Å². The fourth-order valence-corrected chi connectivity index (χ4v) is 4.21. The Morgan fingerprint density at radius 3 is 2.45 bits per heavy atom. The van der Waals surface area contributed by atoms with Gasteiger partial charge in [0.1, 0.15) is 4.21 Å². The molecule has 0 aliphatic rings. The number of hydrogen-bond acceptors (Lipinski definition) is 5. The largest absolute Gasteiger partial charge is 0.440 e. The van der Waals surface area contributed by atoms with Crippen LogP contribution in [0.3, 0.4) is 0 Å². The van der Waals surface area contributed by atoms with E-state index in [-0.39, 0.29) is 4.21 Å². The Balaban J connectivity index is 1.86. The van der Waals surface area contributed by atoms with Crippen LogP contribution in [0.4, 0.5) is 5.69 Å². The highest BCUT2D eigenvalue weighted by molar-refractivity contribution is 7.94. The van der Waals surface area contributed by atoms with E-state index in [4.69, 9.17) is 4.42 Å². The van der Waals surface area contributed by atoms with Crippen molar-refractivity contribution >= 4 is 27.0 Å². The first kappa shape index (κ1) is 14.8. The Hall–Kier alpha value is -2.12. The summed E-state index contributed by atoms with van der Waals surface area (Å²) in [6.45, 7) is 3.69. The molecule has 0 unspecified atom stereocenters. The molecule has 0 radical (unpaired) electrons. The van der Waals surface area contributed by atoms with Gasteiger partial charge in [0.05, 0.1) is 11.1 Å². The van der Waals surface area contributed by atoms with Crippen molar-refractivity contribution < 1.29 is 12.8 Å². The molecular weight excluding hydrogens is 320 g/mol. The fourth-order valence-electron chi connectivity index (χ4n) is 1.90. The second-order valence-corrected chi connectivity index (χ2v) is 7.83. The molecule has 3 rings (SSSR count). The number of anilines is 1. The van der Waals surface area contributed by atoms with E-state index < -0.39 is 10.0 Å². The predicted molar refractivity (Wildman–Crippen MR) is 86.5 cm³/mol. The summed E-state index contributed by atoms with van der Waals surface area (Å²) in [4.78, 5) is 4.74. The molecule has 0 saturated carbocycles. The van der Waals surface area contributed by atoms with Crippen LogP contribution in [0.2, 0.25) is 0 Å². The van der Waals surface area contributed by atoms with Gasteiger partial charge in [-0.05, 0) is 31.2 Å². The predicted octanol–water partition coefficient (Wildman–Crippen LogP) is 3.82. The van der Waals surface area contributed by atoms with Crippen LogP contribution in [0.15, 0.2) is 51.2 Å². The first-order valence-electron chi connectivity index (χ1n) is 6.56. The lowest BCUT2D eigenvalue weighted by molar-refractivity contribution is 0.535. The molecule has 0 fully saturated rings. The van der Waals surface area contributed by atoms with Crippen molar-refractivity contribution in [2.75, 3.05) is 4.72 Å². The zero-order valence-electron chi connectivity index (χ0n) is 12.0. The zero-order valence-corrected chi connectivity index (χ0v) is 13.7. The molecule has 0 atom stereocenters. The Bertz CT molecular complexity index is 893. The Morgan fingerprint density at radius 1 is 1.09 bits per heavy atom. The molecule has 0 aliphatic heterocycles. The third-order valence-corrected chi connectivity index (χ3v) is 5.99. The highest BCUT2D eigenvalue weighted by atomic mass is 32.2. The van der Waals surface area contributed by atoms with E-state index in [0.717, 1.165) is 21.8 Å². The molecule has 1 aromatic carbocycles. The molecule has 5 nitrogen and oxygen atoms in total. The van der Waals surface area contributed by atoms with E-state index in [1.54, 1.807) is 37.4 Å². The Morgan fingerprint density at radius 2 is 1.82 bits per heavy atom. The van der Waals surface area contributed by atoms with Crippen LogP contribution in [-0.4, -0.2) is 13.4 Å². The van der Waals surface area contributed by atoms with Crippen LogP contribution in [-0.2, 0) is 10.0 Å². The van der Waals surface area contributed by atoms with Gasteiger partial charge in [-0.1, -0.05) is 17.7 Å². The number of benzene rings is 1. The highest BCUT2D eigenvalue weighted by Crippen LogP contribution is 2.32. The SMILES string of the molecule is Cc1ccc(NS(=O)(=O)c2ccc(-c3cnc(C)o3)s2)cc1. The summed E-state index contributed by atoms with van der Waals surface area (Å²) >= 11 is 1.14. The topological polar surface area (TPSA) is 72.2 Å². The number of nitrogens with one attached hydrogen (secondary N) is 1. The summed E-state index contributed by atoms with van der Waals surface area (Å²) in [5.74, 6) is 1.12. The number of sulfonamides is 1. The van der Waals surface area contributed by atoms with Crippen molar-refractivity contribution in [3.8, 4) is 10.6 Å². The first-order chi connectivity index (χ1) is 10.4. The number of rotatable bonds is 4. The molecule has 1 N–H and O–H groups in total. The number of oxazole rings is 1. The van der Waals surface area contributed by atoms with E-state index >= 15 is 0 Å². The summed E-state index contributed by atoms with van der Waals surface area (Å²) in [6, 6.07) is 10.5. The molecular formula is C15H14N2O3S2. The van der Waals surface area contributed by atoms with Gasteiger partial charge in [0.2, 0.25) is 0 Å². The minimum absolute atomic E-state index is 0.233. The lowest BCUT2D eigenvalue weighted by atomic mass is 10.2. The lowest BCUT2D eigenvalue weighted by Crippen LogP contribution is -2.11. The second-order valence-electron chi connectivity index (χ2n) is 4.83. The summed E-state index contributed by atoms with van der Waals surface area (Å²) in [6.07, 6.45) is 1.59. The highest BCUT2D eigenvalue weighted by Gasteiger charge is 2.18. The van der Waals surface area contributed by atoms with E-state index in [0.29, 0.717) is 17.3 Å². The molecule has 0 bridgehead atoms. The van der Waals surface area contributed by atoms with Crippen LogP contribution >= 0.6 is 11.3 Å². The van der Waals surface area contributed by atoms with Crippen LogP contribution in [0.5, 0.6) is 0 Å². The number of aryl methyl sites for hydroxylation is 2. The molecule has 7 heteroatoms. The first-order valence-corrected chi connectivity index (χ1v) is 8.86. The molecule has 0 aliphatic carbocycles. The maximum absolute atomic E-state index is 12.4. The molecule has 114 valence electrons. The molecule has 0 amide bonds. The van der Waals surface area contributed by atoms with Gasteiger partial charge < -0.3 is 4.42 Å². The maximum atomic E-state index is 12.4. The third-order valence-electron chi connectivity index (χ3n) is 3.01. The van der Waals surface area contributed by atoms with E-state index in [9.17, 15) is 8.42 Å². The maximum Gasteiger partial charge on any atom is 0.271 e. The van der Waals surface area contributed by atoms with E-state index in [2.05, 4.69) is 9.71 Å². The smallest absolute Gasteiger partial charge is 0.271 e. The normalized spacial score (nSPS) is 11.5. The van der Waals surface area contributed by atoms with Gasteiger partial charge in [0, 0.05) is 12.6 Å². The van der Waals surface area contributed by atoms with Crippen molar-refractivity contribution in [1.82, 2.24) is 4.98 Å². The number of aromatic nitrogens is 1. The van der Waals surface area contributed by atoms with Gasteiger partial charge in [-0.15, -0.1) is 11.3 Å². The molecule has 3 aromatic rings. The van der Waals surface area contributed by atoms with Gasteiger partial charge in [0.25, 0.3) is 10.0 Å². The molecule has 0 saturated heterocycles. The van der Waals surface area contributed by atoms with Crippen molar-refractivity contribution in [3.05, 3.63) is 54.0 Å². The fraction of sp³-hybridized carbons (Fsp3) is 0.133. The van der Waals surface area contributed by atoms with E-state index in [1.807, 2.05) is 19.1 Å².